The third-order valence-electron chi connectivity index (χ3n) is 8.77. The Morgan fingerprint density at radius 1 is 0.465 bits per heavy atom. The molecule has 204 valence electrons. The number of benzene rings is 5. The van der Waals surface area contributed by atoms with E-state index in [9.17, 15) is 0 Å². The number of hydrogen-bond donors (Lipinski definition) is 0. The van der Waals surface area contributed by atoms with Gasteiger partial charge in [0.15, 0.2) is 5.82 Å². The second-order valence-electron chi connectivity index (χ2n) is 11.7. The minimum absolute atomic E-state index is 0.123. The van der Waals surface area contributed by atoms with Crippen molar-refractivity contribution in [1.82, 2.24) is 15.0 Å². The summed E-state index contributed by atoms with van der Waals surface area (Å²) < 4.78 is 0. The third kappa shape index (κ3) is 4.24. The summed E-state index contributed by atoms with van der Waals surface area (Å²) >= 11 is 0. The zero-order chi connectivity index (χ0) is 29.0. The lowest BCUT2D eigenvalue weighted by molar-refractivity contribution is 0.661. The number of pyridine rings is 1. The van der Waals surface area contributed by atoms with Crippen molar-refractivity contribution < 1.29 is 0 Å². The summed E-state index contributed by atoms with van der Waals surface area (Å²) in [6, 6.07) is 45.1. The van der Waals surface area contributed by atoms with Crippen molar-refractivity contribution in [3.05, 3.63) is 151 Å². The Labute approximate surface area is 251 Å². The summed E-state index contributed by atoms with van der Waals surface area (Å²) in [5, 5.41) is 2.52. The molecule has 0 radical (unpaired) electrons. The number of aromatic nitrogens is 3. The number of hydrogen-bond acceptors (Lipinski definition) is 3. The van der Waals surface area contributed by atoms with Gasteiger partial charge in [0.25, 0.3) is 0 Å². The molecule has 1 aliphatic carbocycles. The molecule has 0 fully saturated rings. The lowest BCUT2D eigenvalue weighted by Gasteiger charge is -2.22. The lowest BCUT2D eigenvalue weighted by Crippen LogP contribution is -2.14. The maximum atomic E-state index is 5.22. The van der Waals surface area contributed by atoms with E-state index >= 15 is 0 Å². The van der Waals surface area contributed by atoms with Gasteiger partial charge in [0, 0.05) is 34.5 Å². The fraction of sp³-hybridized carbons (Fsp3) is 0.0750. The van der Waals surface area contributed by atoms with Gasteiger partial charge in [-0.1, -0.05) is 105 Å². The van der Waals surface area contributed by atoms with E-state index in [2.05, 4.69) is 116 Å². The molecule has 0 saturated carbocycles. The van der Waals surface area contributed by atoms with Crippen LogP contribution < -0.4 is 0 Å². The predicted octanol–water partition coefficient (Wildman–Crippen LogP) is 10.00. The van der Waals surface area contributed by atoms with Crippen molar-refractivity contribution >= 4 is 10.8 Å². The van der Waals surface area contributed by atoms with Gasteiger partial charge in [-0.2, -0.15) is 0 Å². The monoisotopic (exact) mass is 551 g/mol. The van der Waals surface area contributed by atoms with E-state index in [1.807, 2.05) is 42.7 Å². The average Bonchev–Trinajstić information content (AvgIpc) is 3.30. The molecule has 5 aromatic carbocycles. The molecule has 0 spiro atoms. The Morgan fingerprint density at radius 3 is 1.95 bits per heavy atom. The van der Waals surface area contributed by atoms with Gasteiger partial charge >= 0.3 is 0 Å². The van der Waals surface area contributed by atoms with Crippen molar-refractivity contribution in [3.8, 4) is 56.2 Å². The fourth-order valence-electron chi connectivity index (χ4n) is 6.54. The molecule has 1 aliphatic rings. The van der Waals surface area contributed by atoms with Gasteiger partial charge in [-0.3, -0.25) is 4.98 Å². The van der Waals surface area contributed by atoms with E-state index < -0.39 is 0 Å². The summed E-state index contributed by atoms with van der Waals surface area (Å²) in [4.78, 5) is 14.5. The Morgan fingerprint density at radius 2 is 1.14 bits per heavy atom. The first-order chi connectivity index (χ1) is 21.1. The molecule has 3 nitrogen and oxygen atoms in total. The topological polar surface area (TPSA) is 38.7 Å². The minimum atomic E-state index is -0.123. The van der Waals surface area contributed by atoms with E-state index in [1.165, 1.54) is 33.0 Å². The van der Waals surface area contributed by atoms with Crippen LogP contribution in [0.4, 0.5) is 0 Å². The zero-order valence-corrected chi connectivity index (χ0v) is 24.1. The van der Waals surface area contributed by atoms with Crippen LogP contribution in [0.3, 0.4) is 0 Å². The smallest absolute Gasteiger partial charge is 0.160 e. The first kappa shape index (κ1) is 25.3. The zero-order valence-electron chi connectivity index (χ0n) is 24.1. The standard InChI is InChI=1S/C40H29N3/c1-40(2)34-17-9-16-32(38(34)33-23-29-12-6-7-13-30(29)24-35(33)40)37-25-36(42-39(43-37)27-10-4-3-5-11-27)31-15-8-14-28(22-31)26-18-20-41-21-19-26/h3-25H,1-2H3. The maximum Gasteiger partial charge on any atom is 0.160 e. The molecule has 43 heavy (non-hydrogen) atoms. The second-order valence-corrected chi connectivity index (χ2v) is 11.7. The molecule has 0 aliphatic heterocycles. The van der Waals surface area contributed by atoms with Crippen molar-refractivity contribution in [2.24, 2.45) is 0 Å². The summed E-state index contributed by atoms with van der Waals surface area (Å²) in [5.74, 6) is 0.719. The molecule has 0 amide bonds. The van der Waals surface area contributed by atoms with Gasteiger partial charge in [0.1, 0.15) is 0 Å². The molecule has 0 saturated heterocycles. The molecule has 0 atom stereocenters. The Bertz CT molecular complexity index is 2150. The maximum absolute atomic E-state index is 5.22. The third-order valence-corrected chi connectivity index (χ3v) is 8.77. The molecular formula is C40H29N3. The van der Waals surface area contributed by atoms with Crippen LogP contribution in [0.25, 0.3) is 66.9 Å². The largest absolute Gasteiger partial charge is 0.265 e. The summed E-state index contributed by atoms with van der Waals surface area (Å²) in [5.41, 5.74) is 12.4. The van der Waals surface area contributed by atoms with Crippen LogP contribution in [-0.4, -0.2) is 15.0 Å². The summed E-state index contributed by atoms with van der Waals surface area (Å²) in [6.07, 6.45) is 3.66. The number of fused-ring (bicyclic) bond motifs is 4. The molecule has 3 heteroatoms. The van der Waals surface area contributed by atoms with Crippen molar-refractivity contribution in [3.63, 3.8) is 0 Å². The van der Waals surface area contributed by atoms with Gasteiger partial charge in [0.2, 0.25) is 0 Å². The van der Waals surface area contributed by atoms with Crippen LogP contribution in [0, 0.1) is 0 Å². The highest BCUT2D eigenvalue weighted by Gasteiger charge is 2.37. The lowest BCUT2D eigenvalue weighted by atomic mass is 9.81. The predicted molar refractivity (Wildman–Crippen MR) is 177 cm³/mol. The van der Waals surface area contributed by atoms with Gasteiger partial charge in [-0.25, -0.2) is 9.97 Å². The van der Waals surface area contributed by atoms with E-state index in [4.69, 9.17) is 9.97 Å². The summed E-state index contributed by atoms with van der Waals surface area (Å²) in [7, 11) is 0. The molecule has 2 heterocycles. The van der Waals surface area contributed by atoms with Crippen LogP contribution in [0.15, 0.2) is 140 Å². The van der Waals surface area contributed by atoms with Crippen molar-refractivity contribution in [2.75, 3.05) is 0 Å². The van der Waals surface area contributed by atoms with Crippen LogP contribution in [0.1, 0.15) is 25.0 Å². The molecule has 0 bridgehead atoms. The van der Waals surface area contributed by atoms with Crippen LogP contribution in [0.2, 0.25) is 0 Å². The van der Waals surface area contributed by atoms with Gasteiger partial charge in [-0.15, -0.1) is 0 Å². The first-order valence-electron chi connectivity index (χ1n) is 14.7. The quantitative estimate of drug-likeness (QED) is 0.218. The van der Waals surface area contributed by atoms with E-state index in [0.717, 1.165) is 45.0 Å². The van der Waals surface area contributed by atoms with Crippen LogP contribution >= 0.6 is 0 Å². The van der Waals surface area contributed by atoms with Gasteiger partial charge in [-0.05, 0) is 80.6 Å². The average molecular weight is 552 g/mol. The van der Waals surface area contributed by atoms with E-state index in [0.29, 0.717) is 0 Å². The van der Waals surface area contributed by atoms with E-state index in [-0.39, 0.29) is 5.41 Å². The van der Waals surface area contributed by atoms with Crippen LogP contribution in [0.5, 0.6) is 0 Å². The minimum Gasteiger partial charge on any atom is -0.265 e. The molecular weight excluding hydrogens is 522 g/mol. The van der Waals surface area contributed by atoms with Gasteiger partial charge < -0.3 is 0 Å². The molecule has 0 N–H and O–H groups in total. The van der Waals surface area contributed by atoms with Crippen molar-refractivity contribution in [1.29, 1.82) is 0 Å². The fourth-order valence-corrected chi connectivity index (χ4v) is 6.54. The van der Waals surface area contributed by atoms with Gasteiger partial charge in [0.05, 0.1) is 11.4 Å². The highest BCUT2D eigenvalue weighted by molar-refractivity contribution is 5.98. The number of nitrogens with zero attached hydrogens (tertiary/aromatic N) is 3. The molecule has 8 rings (SSSR count). The Kier molecular flexibility index (Phi) is 5.80. The Hall–Kier alpha value is -5.41. The highest BCUT2D eigenvalue weighted by Crippen LogP contribution is 2.53. The summed E-state index contributed by atoms with van der Waals surface area (Å²) in [6.45, 7) is 4.67. The highest BCUT2D eigenvalue weighted by atomic mass is 14.9. The molecule has 7 aromatic rings. The second kappa shape index (κ2) is 9.85. The first-order valence-corrected chi connectivity index (χ1v) is 14.7. The molecule has 0 unspecified atom stereocenters. The van der Waals surface area contributed by atoms with Crippen molar-refractivity contribution in [2.45, 2.75) is 19.3 Å². The molecule has 2 aromatic heterocycles. The Balaban J connectivity index is 1.36. The SMILES string of the molecule is CC1(C)c2cc3ccccc3cc2-c2c(-c3cc(-c4cccc(-c5ccncc5)c4)nc(-c4ccccc4)n3)cccc21. The number of rotatable bonds is 4. The van der Waals surface area contributed by atoms with Crippen LogP contribution in [-0.2, 0) is 5.41 Å². The van der Waals surface area contributed by atoms with E-state index in [1.54, 1.807) is 0 Å². The normalized spacial score (nSPS) is 13.1.